The summed E-state index contributed by atoms with van der Waals surface area (Å²) in [6.07, 6.45) is 0.941. The number of rotatable bonds is 5. The molecule has 0 bridgehead atoms. The highest BCUT2D eigenvalue weighted by Crippen LogP contribution is 2.32. The molecule has 1 atom stereocenters. The maximum atomic E-state index is 9.52. The fourth-order valence-electron chi connectivity index (χ4n) is 2.32. The highest BCUT2D eigenvalue weighted by atomic mass is 16.5. The summed E-state index contributed by atoms with van der Waals surface area (Å²) in [6.45, 7) is 3.82. The van der Waals surface area contributed by atoms with Crippen molar-refractivity contribution in [3.05, 3.63) is 29.3 Å². The number of benzene rings is 1. The predicted octanol–water partition coefficient (Wildman–Crippen LogP) is 1.98. The summed E-state index contributed by atoms with van der Waals surface area (Å²) >= 11 is 0. The molecule has 3 heteroatoms. The van der Waals surface area contributed by atoms with Gasteiger partial charge in [-0.15, -0.1) is 0 Å². The van der Waals surface area contributed by atoms with E-state index in [4.69, 9.17) is 9.47 Å². The van der Waals surface area contributed by atoms with Gasteiger partial charge >= 0.3 is 0 Å². The first-order chi connectivity index (χ1) is 8.30. The molecule has 0 aromatic heterocycles. The van der Waals surface area contributed by atoms with Gasteiger partial charge in [-0.2, -0.15) is 0 Å². The fraction of sp³-hybridized carbons (Fsp3) is 0.571. The smallest absolute Gasteiger partial charge is 0.122 e. The summed E-state index contributed by atoms with van der Waals surface area (Å²) in [6, 6.07) is 6.20. The normalized spacial score (nSPS) is 17.6. The molecule has 1 saturated heterocycles. The van der Waals surface area contributed by atoms with Gasteiger partial charge in [-0.05, 0) is 23.6 Å². The van der Waals surface area contributed by atoms with Gasteiger partial charge in [-0.1, -0.05) is 19.1 Å². The molecular formula is C14H20O3. The molecule has 17 heavy (non-hydrogen) atoms. The van der Waals surface area contributed by atoms with Crippen LogP contribution in [0.5, 0.6) is 5.75 Å². The Balaban J connectivity index is 2.24. The molecule has 1 aromatic rings. The lowest BCUT2D eigenvalue weighted by atomic mass is 9.84. The van der Waals surface area contributed by atoms with E-state index in [9.17, 15) is 5.11 Å². The highest BCUT2D eigenvalue weighted by Gasteiger charge is 2.29. The van der Waals surface area contributed by atoms with Crippen LogP contribution in [0.2, 0.25) is 0 Å². The molecule has 94 valence electrons. The molecule has 0 spiro atoms. The van der Waals surface area contributed by atoms with Crippen LogP contribution in [0.4, 0.5) is 0 Å². The van der Waals surface area contributed by atoms with E-state index < -0.39 is 0 Å². The van der Waals surface area contributed by atoms with Crippen molar-refractivity contribution in [3.63, 3.8) is 0 Å². The molecule has 2 rings (SSSR count). The van der Waals surface area contributed by atoms with Crippen LogP contribution in [0.1, 0.15) is 24.0 Å². The van der Waals surface area contributed by atoms with Gasteiger partial charge in [0.2, 0.25) is 0 Å². The molecule has 0 amide bonds. The number of ether oxygens (including phenoxy) is 2. The highest BCUT2D eigenvalue weighted by molar-refractivity contribution is 5.39. The van der Waals surface area contributed by atoms with Gasteiger partial charge in [0.1, 0.15) is 5.75 Å². The van der Waals surface area contributed by atoms with Crippen LogP contribution in [0.15, 0.2) is 18.2 Å². The molecule has 0 saturated carbocycles. The van der Waals surface area contributed by atoms with Crippen LogP contribution in [0, 0.1) is 5.92 Å². The summed E-state index contributed by atoms with van der Waals surface area (Å²) in [5, 5.41) is 9.52. The van der Waals surface area contributed by atoms with E-state index in [0.29, 0.717) is 5.92 Å². The molecule has 1 fully saturated rings. The van der Waals surface area contributed by atoms with Crippen molar-refractivity contribution in [1.29, 1.82) is 0 Å². The molecule has 1 aromatic carbocycles. The molecule has 1 unspecified atom stereocenters. The SMILES string of the molecule is CCc1cc(C(CO)C2COC2)ccc1OC. The summed E-state index contributed by atoms with van der Waals surface area (Å²) in [5.74, 6) is 1.58. The Bertz CT molecular complexity index is 372. The third kappa shape index (κ3) is 2.45. The lowest BCUT2D eigenvalue weighted by Gasteiger charge is -2.33. The molecule has 1 heterocycles. The Kier molecular flexibility index (Phi) is 4.02. The standard InChI is InChI=1S/C14H20O3/c1-3-10-6-11(4-5-14(10)16-2)13(7-15)12-8-17-9-12/h4-6,12-13,15H,3,7-9H2,1-2H3. The second-order valence-corrected chi connectivity index (χ2v) is 4.51. The Morgan fingerprint density at radius 1 is 1.47 bits per heavy atom. The van der Waals surface area contributed by atoms with Crippen molar-refractivity contribution < 1.29 is 14.6 Å². The third-order valence-electron chi connectivity index (χ3n) is 3.54. The van der Waals surface area contributed by atoms with E-state index in [-0.39, 0.29) is 12.5 Å². The van der Waals surface area contributed by atoms with Crippen molar-refractivity contribution in [2.75, 3.05) is 26.9 Å². The number of aliphatic hydroxyl groups is 1. The number of hydrogen-bond donors (Lipinski definition) is 1. The number of methoxy groups -OCH3 is 1. The van der Waals surface area contributed by atoms with Gasteiger partial charge in [0.05, 0.1) is 26.9 Å². The zero-order valence-electron chi connectivity index (χ0n) is 10.5. The third-order valence-corrected chi connectivity index (χ3v) is 3.54. The Labute approximate surface area is 102 Å². The average Bonchev–Trinajstić information content (AvgIpc) is 2.32. The minimum absolute atomic E-state index is 0.184. The maximum Gasteiger partial charge on any atom is 0.122 e. The van der Waals surface area contributed by atoms with Gasteiger partial charge in [0.25, 0.3) is 0 Å². The zero-order chi connectivity index (χ0) is 12.3. The summed E-state index contributed by atoms with van der Waals surface area (Å²) in [5.41, 5.74) is 2.39. The molecule has 1 aliphatic rings. The Morgan fingerprint density at radius 3 is 2.71 bits per heavy atom. The number of aryl methyl sites for hydroxylation is 1. The molecule has 0 aliphatic carbocycles. The first-order valence-corrected chi connectivity index (χ1v) is 6.15. The minimum atomic E-state index is 0.184. The van der Waals surface area contributed by atoms with Crippen molar-refractivity contribution >= 4 is 0 Å². The molecule has 3 nitrogen and oxygen atoms in total. The van der Waals surface area contributed by atoms with Gasteiger partial charge in [-0.3, -0.25) is 0 Å². The fourth-order valence-corrected chi connectivity index (χ4v) is 2.32. The minimum Gasteiger partial charge on any atom is -0.496 e. The molecular weight excluding hydrogens is 216 g/mol. The quantitative estimate of drug-likeness (QED) is 0.849. The van der Waals surface area contributed by atoms with Gasteiger partial charge in [-0.25, -0.2) is 0 Å². The van der Waals surface area contributed by atoms with Crippen molar-refractivity contribution in [2.45, 2.75) is 19.3 Å². The van der Waals surface area contributed by atoms with E-state index in [1.54, 1.807) is 7.11 Å². The van der Waals surface area contributed by atoms with Gasteiger partial charge < -0.3 is 14.6 Å². The predicted molar refractivity (Wildman–Crippen MR) is 66.5 cm³/mol. The lowest BCUT2D eigenvalue weighted by Crippen LogP contribution is -2.34. The van der Waals surface area contributed by atoms with Crippen LogP contribution in [-0.4, -0.2) is 32.0 Å². The zero-order valence-corrected chi connectivity index (χ0v) is 10.5. The lowest BCUT2D eigenvalue weighted by molar-refractivity contribution is -0.0527. The van der Waals surface area contributed by atoms with E-state index >= 15 is 0 Å². The van der Waals surface area contributed by atoms with Crippen LogP contribution < -0.4 is 4.74 Å². The first-order valence-electron chi connectivity index (χ1n) is 6.15. The van der Waals surface area contributed by atoms with Crippen molar-refractivity contribution in [2.24, 2.45) is 5.92 Å². The van der Waals surface area contributed by atoms with E-state index in [1.165, 1.54) is 11.1 Å². The average molecular weight is 236 g/mol. The number of aliphatic hydroxyl groups excluding tert-OH is 1. The molecule has 1 N–H and O–H groups in total. The summed E-state index contributed by atoms with van der Waals surface area (Å²) in [4.78, 5) is 0. The van der Waals surface area contributed by atoms with Crippen LogP contribution in [0.25, 0.3) is 0 Å². The topological polar surface area (TPSA) is 38.7 Å². The van der Waals surface area contributed by atoms with Crippen LogP contribution in [-0.2, 0) is 11.2 Å². The van der Waals surface area contributed by atoms with Crippen molar-refractivity contribution in [3.8, 4) is 5.75 Å². The second-order valence-electron chi connectivity index (χ2n) is 4.51. The monoisotopic (exact) mass is 236 g/mol. The van der Waals surface area contributed by atoms with E-state index in [0.717, 1.165) is 25.4 Å². The molecule has 0 radical (unpaired) electrons. The largest absolute Gasteiger partial charge is 0.496 e. The van der Waals surface area contributed by atoms with Gasteiger partial charge in [0, 0.05) is 11.8 Å². The summed E-state index contributed by atoms with van der Waals surface area (Å²) < 4.78 is 10.5. The molecule has 1 aliphatic heterocycles. The van der Waals surface area contributed by atoms with Crippen molar-refractivity contribution in [1.82, 2.24) is 0 Å². The summed E-state index contributed by atoms with van der Waals surface area (Å²) in [7, 11) is 1.69. The number of hydrogen-bond acceptors (Lipinski definition) is 3. The Hall–Kier alpha value is -1.06. The Morgan fingerprint density at radius 2 is 2.24 bits per heavy atom. The first kappa shape index (κ1) is 12.4. The van der Waals surface area contributed by atoms with Gasteiger partial charge in [0.15, 0.2) is 0 Å². The van der Waals surface area contributed by atoms with E-state index in [2.05, 4.69) is 19.1 Å². The van der Waals surface area contributed by atoms with Crippen LogP contribution in [0.3, 0.4) is 0 Å². The van der Waals surface area contributed by atoms with E-state index in [1.807, 2.05) is 6.07 Å². The second kappa shape index (κ2) is 5.52. The maximum absolute atomic E-state index is 9.52. The van der Waals surface area contributed by atoms with Crippen LogP contribution >= 0.6 is 0 Å².